The number of hydrogen-bond donors (Lipinski definition) is 1. The minimum absolute atomic E-state index is 0.0726. The summed E-state index contributed by atoms with van der Waals surface area (Å²) in [6.07, 6.45) is 6.07. The predicted molar refractivity (Wildman–Crippen MR) is 84.3 cm³/mol. The number of aliphatic hydroxyl groups is 1. The Labute approximate surface area is 129 Å². The van der Waals surface area contributed by atoms with Crippen molar-refractivity contribution < 1.29 is 24.1 Å². The molecule has 0 radical (unpaired) electrons. The summed E-state index contributed by atoms with van der Waals surface area (Å²) in [6.45, 7) is 10.7. The van der Waals surface area contributed by atoms with E-state index in [2.05, 4.69) is 18.2 Å². The summed E-state index contributed by atoms with van der Waals surface area (Å²) in [4.78, 5) is 9.84. The summed E-state index contributed by atoms with van der Waals surface area (Å²) in [5, 5.41) is 8.76. The number of unbranched alkanes of at least 4 members (excludes halogenated alkanes) is 3. The van der Waals surface area contributed by atoms with Crippen molar-refractivity contribution >= 4 is 5.97 Å². The fraction of sp³-hybridized carbons (Fsp3) is 0.812. The van der Waals surface area contributed by atoms with Crippen molar-refractivity contribution in [3.63, 3.8) is 0 Å². The van der Waals surface area contributed by atoms with E-state index in [0.717, 1.165) is 19.1 Å². The van der Waals surface area contributed by atoms with Gasteiger partial charge in [0.1, 0.15) is 0 Å². The molecule has 0 aromatic rings. The molecule has 0 amide bonds. The van der Waals surface area contributed by atoms with E-state index in [1.165, 1.54) is 26.4 Å². The lowest BCUT2D eigenvalue weighted by molar-refractivity contribution is -0.134. The van der Waals surface area contributed by atoms with Crippen LogP contribution in [0.2, 0.25) is 0 Å². The zero-order valence-corrected chi connectivity index (χ0v) is 14.0. The minimum Gasteiger partial charge on any atom is -0.466 e. The molecule has 21 heavy (non-hydrogen) atoms. The maximum absolute atomic E-state index is 9.84. The van der Waals surface area contributed by atoms with Crippen molar-refractivity contribution in [3.8, 4) is 0 Å². The molecule has 0 rings (SSSR count). The van der Waals surface area contributed by atoms with E-state index in [1.54, 1.807) is 0 Å². The first kappa shape index (κ1) is 22.4. The third kappa shape index (κ3) is 19.1. The van der Waals surface area contributed by atoms with Gasteiger partial charge in [0, 0.05) is 12.7 Å². The average molecular weight is 304 g/mol. The highest BCUT2D eigenvalue weighted by molar-refractivity contribution is 5.80. The molecule has 0 aliphatic rings. The van der Waals surface area contributed by atoms with Crippen LogP contribution in [0, 0.1) is 0 Å². The van der Waals surface area contributed by atoms with Crippen molar-refractivity contribution in [2.45, 2.75) is 58.7 Å². The van der Waals surface area contributed by atoms with Gasteiger partial charge in [-0.1, -0.05) is 32.8 Å². The maximum Gasteiger partial charge on any atom is 0.329 e. The standard InChI is InChI=1S/C12H26O3.C4H6O2/c1-4-5-6-7-8-14-12(3)10-15-11(2)9-13;1-3-4(5)6-2/h11-13H,4-10H2,1-3H3;3H,1H2,2H3. The fourth-order valence-electron chi connectivity index (χ4n) is 1.30. The van der Waals surface area contributed by atoms with Crippen molar-refractivity contribution in [2.75, 3.05) is 26.9 Å². The van der Waals surface area contributed by atoms with Crippen molar-refractivity contribution in [2.24, 2.45) is 0 Å². The zero-order chi connectivity index (χ0) is 16.5. The van der Waals surface area contributed by atoms with Gasteiger partial charge in [0.05, 0.1) is 32.5 Å². The zero-order valence-electron chi connectivity index (χ0n) is 14.0. The Bertz CT molecular complexity index is 243. The second-order valence-corrected chi connectivity index (χ2v) is 4.80. The van der Waals surface area contributed by atoms with Crippen LogP contribution in [0.1, 0.15) is 46.5 Å². The van der Waals surface area contributed by atoms with Crippen LogP contribution in [0.15, 0.2) is 12.7 Å². The Hall–Kier alpha value is -0.910. The van der Waals surface area contributed by atoms with Crippen LogP contribution >= 0.6 is 0 Å². The largest absolute Gasteiger partial charge is 0.466 e. The number of ether oxygens (including phenoxy) is 3. The van der Waals surface area contributed by atoms with Gasteiger partial charge in [-0.25, -0.2) is 4.79 Å². The Kier molecular flexibility index (Phi) is 18.3. The summed E-state index contributed by atoms with van der Waals surface area (Å²) < 4.78 is 15.1. The average Bonchev–Trinajstić information content (AvgIpc) is 2.52. The molecule has 0 aromatic carbocycles. The van der Waals surface area contributed by atoms with Crippen LogP contribution in [0.3, 0.4) is 0 Å². The lowest BCUT2D eigenvalue weighted by Gasteiger charge is -2.16. The summed E-state index contributed by atoms with van der Waals surface area (Å²) >= 11 is 0. The molecule has 0 aliphatic carbocycles. The van der Waals surface area contributed by atoms with Crippen molar-refractivity contribution in [1.82, 2.24) is 0 Å². The number of hydrogen-bond acceptors (Lipinski definition) is 5. The van der Waals surface area contributed by atoms with Crippen LogP contribution < -0.4 is 0 Å². The summed E-state index contributed by atoms with van der Waals surface area (Å²) in [5.74, 6) is -0.394. The molecule has 0 spiro atoms. The highest BCUT2D eigenvalue weighted by Crippen LogP contribution is 2.02. The second kappa shape index (κ2) is 17.1. The normalized spacial score (nSPS) is 12.8. The van der Waals surface area contributed by atoms with Crippen LogP contribution in [-0.2, 0) is 19.0 Å². The van der Waals surface area contributed by atoms with Crippen LogP contribution in [0.25, 0.3) is 0 Å². The Morgan fingerprint density at radius 3 is 2.29 bits per heavy atom. The molecule has 5 heteroatoms. The Morgan fingerprint density at radius 1 is 1.19 bits per heavy atom. The van der Waals surface area contributed by atoms with Gasteiger partial charge in [-0.05, 0) is 20.3 Å². The number of carbonyl (C=O) groups excluding carboxylic acids is 1. The van der Waals surface area contributed by atoms with E-state index in [-0.39, 0.29) is 18.8 Å². The molecular formula is C16H32O5. The number of rotatable bonds is 11. The van der Waals surface area contributed by atoms with E-state index in [9.17, 15) is 4.79 Å². The van der Waals surface area contributed by atoms with E-state index < -0.39 is 5.97 Å². The van der Waals surface area contributed by atoms with Crippen molar-refractivity contribution in [1.29, 1.82) is 0 Å². The molecule has 0 fully saturated rings. The van der Waals surface area contributed by atoms with Crippen molar-refractivity contribution in [3.05, 3.63) is 12.7 Å². The topological polar surface area (TPSA) is 65.0 Å². The molecule has 2 atom stereocenters. The molecule has 0 aliphatic heterocycles. The fourth-order valence-corrected chi connectivity index (χ4v) is 1.30. The summed E-state index contributed by atoms with van der Waals surface area (Å²) in [6, 6.07) is 0. The lowest BCUT2D eigenvalue weighted by atomic mass is 10.2. The van der Waals surface area contributed by atoms with E-state index in [4.69, 9.17) is 14.6 Å². The van der Waals surface area contributed by atoms with Gasteiger partial charge in [-0.15, -0.1) is 0 Å². The first-order valence-corrected chi connectivity index (χ1v) is 7.56. The predicted octanol–water partition coefficient (Wildman–Crippen LogP) is 2.71. The third-order valence-electron chi connectivity index (χ3n) is 2.64. The molecule has 2 unspecified atom stereocenters. The van der Waals surface area contributed by atoms with Crippen LogP contribution in [0.4, 0.5) is 0 Å². The molecule has 1 N–H and O–H groups in total. The molecule has 126 valence electrons. The molecule has 0 bridgehead atoms. The lowest BCUT2D eigenvalue weighted by Crippen LogP contribution is -2.22. The van der Waals surface area contributed by atoms with Gasteiger partial charge in [-0.2, -0.15) is 0 Å². The monoisotopic (exact) mass is 304 g/mol. The third-order valence-corrected chi connectivity index (χ3v) is 2.64. The Morgan fingerprint density at radius 2 is 1.86 bits per heavy atom. The van der Waals surface area contributed by atoms with Gasteiger partial charge >= 0.3 is 5.97 Å². The minimum atomic E-state index is -0.394. The van der Waals surface area contributed by atoms with Gasteiger partial charge in [-0.3, -0.25) is 0 Å². The highest BCUT2D eigenvalue weighted by atomic mass is 16.5. The van der Waals surface area contributed by atoms with E-state index in [0.29, 0.717) is 6.61 Å². The van der Waals surface area contributed by atoms with Gasteiger partial charge in [0.15, 0.2) is 0 Å². The van der Waals surface area contributed by atoms with Crippen LogP contribution in [-0.4, -0.2) is 50.2 Å². The molecule has 0 aromatic heterocycles. The van der Waals surface area contributed by atoms with Gasteiger partial charge in [0.25, 0.3) is 0 Å². The molecule has 0 heterocycles. The van der Waals surface area contributed by atoms with Gasteiger partial charge in [0.2, 0.25) is 0 Å². The highest BCUT2D eigenvalue weighted by Gasteiger charge is 2.05. The number of methoxy groups -OCH3 is 1. The summed E-state index contributed by atoms with van der Waals surface area (Å²) in [5.41, 5.74) is 0. The second-order valence-electron chi connectivity index (χ2n) is 4.80. The van der Waals surface area contributed by atoms with E-state index in [1.807, 2.05) is 13.8 Å². The first-order chi connectivity index (χ1) is 10.0. The van der Waals surface area contributed by atoms with Gasteiger partial charge < -0.3 is 19.3 Å². The van der Waals surface area contributed by atoms with Crippen LogP contribution in [0.5, 0.6) is 0 Å². The van der Waals surface area contributed by atoms with E-state index >= 15 is 0 Å². The molecular weight excluding hydrogens is 272 g/mol. The maximum atomic E-state index is 9.84. The molecule has 5 nitrogen and oxygen atoms in total. The summed E-state index contributed by atoms with van der Waals surface area (Å²) in [7, 11) is 1.31. The first-order valence-electron chi connectivity index (χ1n) is 7.56. The number of esters is 1. The quantitative estimate of drug-likeness (QED) is 0.361. The smallest absolute Gasteiger partial charge is 0.329 e. The molecule has 0 saturated carbocycles. The molecule has 0 saturated heterocycles. The number of carbonyl (C=O) groups is 1. The SMILES string of the molecule is C=CC(=O)OC.CCCCCCOC(C)COC(C)CO. The Balaban J connectivity index is 0. The number of aliphatic hydroxyl groups excluding tert-OH is 1.